The highest BCUT2D eigenvalue weighted by Gasteiger charge is 2.16. The van der Waals surface area contributed by atoms with Crippen LogP contribution >= 0.6 is 11.6 Å². The maximum absolute atomic E-state index is 11.7. The highest BCUT2D eigenvalue weighted by Crippen LogP contribution is 2.30. The van der Waals surface area contributed by atoms with E-state index in [1.165, 1.54) is 18.5 Å². The van der Waals surface area contributed by atoms with Crippen LogP contribution in [-0.2, 0) is 4.74 Å². The van der Waals surface area contributed by atoms with Crippen molar-refractivity contribution in [3.8, 4) is 17.7 Å². The van der Waals surface area contributed by atoms with E-state index in [2.05, 4.69) is 15.3 Å². The molecule has 0 spiro atoms. The van der Waals surface area contributed by atoms with Crippen molar-refractivity contribution in [1.29, 1.82) is 5.26 Å². The van der Waals surface area contributed by atoms with Crippen molar-refractivity contribution < 1.29 is 14.3 Å². The highest BCUT2D eigenvalue weighted by atomic mass is 35.5. The quantitative estimate of drug-likeness (QED) is 0.896. The standard InChI is InChI=1S/C16H15ClN4O3/c1-16(2,3)24-15(22)21-10-4-5-13(12(17)6-10)23-14-9-19-11(7-18)8-20-14/h4-6,8-9H,1-3H3,(H,21,22). The van der Waals surface area contributed by atoms with Crippen molar-refractivity contribution in [2.45, 2.75) is 26.4 Å². The van der Waals surface area contributed by atoms with E-state index < -0.39 is 11.7 Å². The van der Waals surface area contributed by atoms with Gasteiger partial charge in [-0.05, 0) is 39.0 Å². The number of nitrogens with one attached hydrogen (secondary N) is 1. The van der Waals surface area contributed by atoms with Crippen LogP contribution in [0.1, 0.15) is 26.5 Å². The zero-order valence-corrected chi connectivity index (χ0v) is 14.1. The lowest BCUT2D eigenvalue weighted by Gasteiger charge is -2.19. The van der Waals surface area contributed by atoms with Gasteiger partial charge >= 0.3 is 6.09 Å². The number of anilines is 1. The molecule has 8 heteroatoms. The van der Waals surface area contributed by atoms with Crippen LogP contribution in [0.3, 0.4) is 0 Å². The molecule has 0 radical (unpaired) electrons. The van der Waals surface area contributed by atoms with Gasteiger partial charge in [0.05, 0.1) is 17.4 Å². The summed E-state index contributed by atoms with van der Waals surface area (Å²) < 4.78 is 10.7. The summed E-state index contributed by atoms with van der Waals surface area (Å²) in [6.07, 6.45) is 2.04. The number of halogens is 1. The molecular weight excluding hydrogens is 332 g/mol. The first-order valence-corrected chi connectivity index (χ1v) is 7.34. The summed E-state index contributed by atoms with van der Waals surface area (Å²) in [6, 6.07) is 6.58. The van der Waals surface area contributed by atoms with Crippen molar-refractivity contribution in [1.82, 2.24) is 9.97 Å². The zero-order valence-electron chi connectivity index (χ0n) is 13.3. The van der Waals surface area contributed by atoms with Crippen LogP contribution in [0.15, 0.2) is 30.6 Å². The van der Waals surface area contributed by atoms with Gasteiger partial charge in [0, 0.05) is 5.69 Å². The molecule has 0 saturated heterocycles. The molecular formula is C16H15ClN4O3. The van der Waals surface area contributed by atoms with Gasteiger partial charge in [-0.25, -0.2) is 14.8 Å². The van der Waals surface area contributed by atoms with E-state index in [0.29, 0.717) is 11.4 Å². The number of nitrogens with zero attached hydrogens (tertiary/aromatic N) is 3. The van der Waals surface area contributed by atoms with Gasteiger partial charge in [-0.3, -0.25) is 5.32 Å². The summed E-state index contributed by atoms with van der Waals surface area (Å²) >= 11 is 6.14. The molecule has 1 heterocycles. The average Bonchev–Trinajstić information content (AvgIpc) is 2.49. The van der Waals surface area contributed by atoms with Gasteiger partial charge in [0.2, 0.25) is 5.88 Å². The second kappa shape index (κ2) is 7.15. The Kier molecular flexibility index (Phi) is 5.21. The van der Waals surface area contributed by atoms with Crippen LogP contribution in [0, 0.1) is 11.3 Å². The molecule has 1 aromatic carbocycles. The van der Waals surface area contributed by atoms with Crippen molar-refractivity contribution in [2.75, 3.05) is 5.32 Å². The van der Waals surface area contributed by atoms with E-state index in [4.69, 9.17) is 26.3 Å². The fraction of sp³-hybridized carbons (Fsp3) is 0.250. The number of hydrogen-bond donors (Lipinski definition) is 1. The van der Waals surface area contributed by atoms with Gasteiger partial charge in [0.25, 0.3) is 0 Å². The molecule has 0 aliphatic heterocycles. The summed E-state index contributed by atoms with van der Waals surface area (Å²) in [7, 11) is 0. The predicted molar refractivity (Wildman–Crippen MR) is 88.1 cm³/mol. The zero-order chi connectivity index (χ0) is 17.7. The molecule has 1 amide bonds. The van der Waals surface area contributed by atoms with Crippen molar-refractivity contribution in [3.05, 3.63) is 41.3 Å². The summed E-state index contributed by atoms with van der Waals surface area (Å²) in [5, 5.41) is 11.5. The molecule has 0 fully saturated rings. The highest BCUT2D eigenvalue weighted by molar-refractivity contribution is 6.32. The predicted octanol–water partition coefficient (Wildman–Crippen LogP) is 4.14. The number of carbonyl (C=O) groups is 1. The maximum Gasteiger partial charge on any atom is 0.412 e. The smallest absolute Gasteiger partial charge is 0.412 e. The molecule has 24 heavy (non-hydrogen) atoms. The molecule has 1 N–H and O–H groups in total. The fourth-order valence-electron chi connectivity index (χ4n) is 1.62. The molecule has 2 aromatic rings. The summed E-state index contributed by atoms with van der Waals surface area (Å²) in [4.78, 5) is 19.5. The third-order valence-corrected chi connectivity index (χ3v) is 2.83. The van der Waals surface area contributed by atoms with Gasteiger partial charge < -0.3 is 9.47 Å². The van der Waals surface area contributed by atoms with Gasteiger partial charge in [-0.2, -0.15) is 5.26 Å². The number of benzene rings is 1. The minimum absolute atomic E-state index is 0.186. The van der Waals surface area contributed by atoms with E-state index >= 15 is 0 Å². The number of rotatable bonds is 3. The Hall–Kier alpha value is -2.85. The van der Waals surface area contributed by atoms with Crippen LogP contribution in [-0.4, -0.2) is 21.7 Å². The van der Waals surface area contributed by atoms with E-state index in [0.717, 1.165) is 0 Å². The molecule has 0 atom stereocenters. The van der Waals surface area contributed by atoms with E-state index in [9.17, 15) is 4.79 Å². The summed E-state index contributed by atoms with van der Waals surface area (Å²) in [5.74, 6) is 0.536. The third-order valence-electron chi connectivity index (χ3n) is 2.53. The maximum atomic E-state index is 11.7. The molecule has 0 aliphatic rings. The van der Waals surface area contributed by atoms with Crippen LogP contribution < -0.4 is 10.1 Å². The largest absolute Gasteiger partial charge is 0.444 e. The van der Waals surface area contributed by atoms with Crippen LogP contribution in [0.4, 0.5) is 10.5 Å². The number of hydrogen-bond acceptors (Lipinski definition) is 6. The first kappa shape index (κ1) is 17.5. The Balaban J connectivity index is 2.06. The van der Waals surface area contributed by atoms with Crippen molar-refractivity contribution >= 4 is 23.4 Å². The third kappa shape index (κ3) is 5.11. The average molecular weight is 347 g/mol. The number of amides is 1. The molecule has 7 nitrogen and oxygen atoms in total. The lowest BCUT2D eigenvalue weighted by molar-refractivity contribution is 0.0636. The second-order valence-corrected chi connectivity index (χ2v) is 6.13. The Morgan fingerprint density at radius 2 is 2.04 bits per heavy atom. The molecule has 0 unspecified atom stereocenters. The summed E-state index contributed by atoms with van der Waals surface area (Å²) in [5.41, 5.74) is 0.0587. The summed E-state index contributed by atoms with van der Waals surface area (Å²) in [6.45, 7) is 5.32. The van der Waals surface area contributed by atoms with Gasteiger partial charge in [0.1, 0.15) is 17.4 Å². The van der Waals surface area contributed by atoms with Gasteiger partial charge in [-0.15, -0.1) is 0 Å². The molecule has 0 aliphatic carbocycles. The molecule has 1 aromatic heterocycles. The first-order valence-electron chi connectivity index (χ1n) is 6.96. The minimum Gasteiger partial charge on any atom is -0.444 e. The molecule has 0 bridgehead atoms. The SMILES string of the molecule is CC(C)(C)OC(=O)Nc1ccc(Oc2cnc(C#N)cn2)c(Cl)c1. The normalized spacial score (nSPS) is 10.6. The lowest BCUT2D eigenvalue weighted by atomic mass is 10.2. The molecule has 2 rings (SSSR count). The Morgan fingerprint density at radius 1 is 1.29 bits per heavy atom. The van der Waals surface area contributed by atoms with Gasteiger partial charge in [-0.1, -0.05) is 11.6 Å². The Bertz CT molecular complexity index is 779. The minimum atomic E-state index is -0.592. The Morgan fingerprint density at radius 3 is 2.58 bits per heavy atom. The number of ether oxygens (including phenoxy) is 2. The van der Waals surface area contributed by atoms with Crippen molar-refractivity contribution in [2.24, 2.45) is 0 Å². The van der Waals surface area contributed by atoms with Crippen molar-refractivity contribution in [3.63, 3.8) is 0 Å². The van der Waals surface area contributed by atoms with E-state index in [-0.39, 0.29) is 16.6 Å². The monoisotopic (exact) mass is 346 g/mol. The van der Waals surface area contributed by atoms with Crippen LogP contribution in [0.25, 0.3) is 0 Å². The van der Waals surface area contributed by atoms with E-state index in [1.54, 1.807) is 32.9 Å². The molecule has 124 valence electrons. The van der Waals surface area contributed by atoms with Crippen LogP contribution in [0.2, 0.25) is 5.02 Å². The Labute approximate surface area is 144 Å². The fourth-order valence-corrected chi connectivity index (χ4v) is 1.84. The van der Waals surface area contributed by atoms with Gasteiger partial charge in [0.15, 0.2) is 5.69 Å². The second-order valence-electron chi connectivity index (χ2n) is 5.73. The topological polar surface area (TPSA) is 97.1 Å². The molecule has 0 saturated carbocycles. The number of aromatic nitrogens is 2. The van der Waals surface area contributed by atoms with Crippen LogP contribution in [0.5, 0.6) is 11.6 Å². The van der Waals surface area contributed by atoms with E-state index in [1.807, 2.05) is 6.07 Å². The first-order chi connectivity index (χ1) is 11.3. The number of carbonyl (C=O) groups excluding carboxylic acids is 1. The lowest BCUT2D eigenvalue weighted by Crippen LogP contribution is -2.27. The number of nitriles is 1.